The van der Waals surface area contributed by atoms with Gasteiger partial charge in [-0.15, -0.1) is 0 Å². The summed E-state index contributed by atoms with van der Waals surface area (Å²) in [7, 11) is -1.28. The van der Waals surface area contributed by atoms with E-state index >= 15 is 0 Å². The van der Waals surface area contributed by atoms with Crippen LogP contribution in [0.1, 0.15) is 45.7 Å². The molecule has 23 heavy (non-hydrogen) atoms. The third-order valence-electron chi connectivity index (χ3n) is 3.65. The molecule has 0 aromatic carbocycles. The lowest BCUT2D eigenvalue weighted by Crippen LogP contribution is -2.48. The van der Waals surface area contributed by atoms with E-state index in [1.807, 2.05) is 20.8 Å². The number of rotatable bonds is 3. The molecule has 0 radical (unpaired) electrons. The second kappa shape index (κ2) is 7.38. The van der Waals surface area contributed by atoms with Crippen molar-refractivity contribution in [3.63, 3.8) is 0 Å². The van der Waals surface area contributed by atoms with Crippen molar-refractivity contribution in [3.8, 4) is 0 Å². The lowest BCUT2D eigenvalue weighted by Gasteiger charge is -2.36. The highest BCUT2D eigenvalue weighted by Gasteiger charge is 2.32. The van der Waals surface area contributed by atoms with E-state index in [9.17, 15) is 9.00 Å². The highest BCUT2D eigenvalue weighted by atomic mass is 32.2. The molecule has 6 nitrogen and oxygen atoms in total. The second-order valence-corrected chi connectivity index (χ2v) is 8.19. The Kier molecular flexibility index (Phi) is 5.73. The molecule has 1 aliphatic rings. The Labute approximate surface area is 140 Å². The van der Waals surface area contributed by atoms with Crippen LogP contribution in [0.3, 0.4) is 0 Å². The first-order valence-electron chi connectivity index (χ1n) is 7.93. The van der Waals surface area contributed by atoms with Crippen molar-refractivity contribution < 1.29 is 13.7 Å². The fourth-order valence-electron chi connectivity index (χ4n) is 2.61. The van der Waals surface area contributed by atoms with Crippen molar-refractivity contribution in [2.45, 2.75) is 63.6 Å². The number of carbonyl (C=O) groups is 1. The van der Waals surface area contributed by atoms with Crippen LogP contribution in [0.15, 0.2) is 17.4 Å². The van der Waals surface area contributed by atoms with E-state index in [4.69, 9.17) is 4.74 Å². The van der Waals surface area contributed by atoms with Crippen molar-refractivity contribution in [2.24, 2.45) is 0 Å². The lowest BCUT2D eigenvalue weighted by atomic mass is 10.0. The first-order chi connectivity index (χ1) is 10.8. The molecule has 128 valence electrons. The van der Waals surface area contributed by atoms with Gasteiger partial charge in [0.05, 0.1) is 22.2 Å². The van der Waals surface area contributed by atoms with E-state index in [1.165, 1.54) is 0 Å². The van der Waals surface area contributed by atoms with Crippen molar-refractivity contribution in [3.05, 3.63) is 18.1 Å². The van der Waals surface area contributed by atoms with Gasteiger partial charge in [-0.05, 0) is 47.0 Å². The van der Waals surface area contributed by atoms with Crippen LogP contribution >= 0.6 is 0 Å². The molecule has 0 spiro atoms. The van der Waals surface area contributed by atoms with E-state index in [0.717, 1.165) is 19.3 Å². The summed E-state index contributed by atoms with van der Waals surface area (Å²) in [5, 5.41) is 0.502. The van der Waals surface area contributed by atoms with Crippen LogP contribution in [-0.4, -0.2) is 49.1 Å². The number of aryl methyl sites for hydroxylation is 1. The number of nitrogens with zero attached hydrogens (tertiary/aromatic N) is 3. The fraction of sp³-hybridized carbons (Fsp3) is 0.688. The molecule has 1 aromatic heterocycles. The Hall–Kier alpha value is -1.50. The maximum absolute atomic E-state index is 12.6. The lowest BCUT2D eigenvalue weighted by molar-refractivity contribution is 0.0125. The van der Waals surface area contributed by atoms with Gasteiger partial charge in [0.2, 0.25) is 0 Å². The van der Waals surface area contributed by atoms with Crippen molar-refractivity contribution in [1.82, 2.24) is 14.9 Å². The fourth-order valence-corrected chi connectivity index (χ4v) is 4.02. The van der Waals surface area contributed by atoms with Gasteiger partial charge >= 0.3 is 6.09 Å². The molecular weight excluding hydrogens is 314 g/mol. The standard InChI is InChI=1S/C16H25N3O3S/c1-12-14(18-9-8-17-12)23(21)11-13-7-5-6-10-19(13)15(20)22-16(2,3)4/h8-9,13H,5-7,10-11H2,1-4H3/t13-,23+/m1/s1. The summed E-state index contributed by atoms with van der Waals surface area (Å²) in [4.78, 5) is 22.4. The average molecular weight is 339 g/mol. The normalized spacial score (nSPS) is 20.2. The average Bonchev–Trinajstić information content (AvgIpc) is 2.46. The summed E-state index contributed by atoms with van der Waals surface area (Å²) in [6, 6.07) is -0.0826. The van der Waals surface area contributed by atoms with E-state index in [1.54, 1.807) is 24.2 Å². The third kappa shape index (κ3) is 4.99. The number of likely N-dealkylation sites (tertiary alicyclic amines) is 1. The Morgan fingerprint density at radius 3 is 2.70 bits per heavy atom. The Balaban J connectivity index is 2.08. The molecule has 0 saturated carbocycles. The monoisotopic (exact) mass is 339 g/mol. The van der Waals surface area contributed by atoms with Gasteiger partial charge in [0.1, 0.15) is 10.6 Å². The van der Waals surface area contributed by atoms with Gasteiger partial charge in [0.15, 0.2) is 0 Å². The number of aromatic nitrogens is 2. The van der Waals surface area contributed by atoms with E-state index in [0.29, 0.717) is 23.0 Å². The van der Waals surface area contributed by atoms with Crippen LogP contribution in [0.25, 0.3) is 0 Å². The summed E-state index contributed by atoms with van der Waals surface area (Å²) in [5.41, 5.74) is 0.144. The highest BCUT2D eigenvalue weighted by molar-refractivity contribution is 7.85. The van der Waals surface area contributed by atoms with E-state index < -0.39 is 16.4 Å². The zero-order valence-corrected chi connectivity index (χ0v) is 15.1. The Morgan fingerprint density at radius 2 is 2.04 bits per heavy atom. The summed E-state index contributed by atoms with van der Waals surface area (Å²) in [6.45, 7) is 8.00. The molecule has 1 amide bonds. The van der Waals surface area contributed by atoms with Gasteiger partial charge in [-0.3, -0.25) is 9.19 Å². The van der Waals surface area contributed by atoms with Crippen molar-refractivity contribution in [1.29, 1.82) is 0 Å². The smallest absolute Gasteiger partial charge is 0.410 e. The predicted octanol–water partition coefficient (Wildman–Crippen LogP) is 2.68. The molecule has 1 aliphatic heterocycles. The molecule has 0 aliphatic carbocycles. The SMILES string of the molecule is Cc1nccnc1[S@@](=O)C[C@H]1CCCCN1C(=O)OC(C)(C)C. The van der Waals surface area contributed by atoms with E-state index in [-0.39, 0.29) is 12.1 Å². The van der Waals surface area contributed by atoms with Crippen molar-refractivity contribution in [2.75, 3.05) is 12.3 Å². The molecular formula is C16H25N3O3S. The van der Waals surface area contributed by atoms with Gasteiger partial charge < -0.3 is 9.64 Å². The topological polar surface area (TPSA) is 72.4 Å². The number of hydrogen-bond acceptors (Lipinski definition) is 5. The van der Waals surface area contributed by atoms with Crippen LogP contribution < -0.4 is 0 Å². The van der Waals surface area contributed by atoms with Gasteiger partial charge in [0, 0.05) is 25.0 Å². The summed E-state index contributed by atoms with van der Waals surface area (Å²) in [6.07, 6.45) is 5.63. The van der Waals surface area contributed by atoms with Gasteiger partial charge in [-0.2, -0.15) is 0 Å². The molecule has 0 unspecified atom stereocenters. The van der Waals surface area contributed by atoms with Crippen LogP contribution in [0, 0.1) is 6.92 Å². The molecule has 2 heterocycles. The maximum Gasteiger partial charge on any atom is 0.410 e. The van der Waals surface area contributed by atoms with Crippen LogP contribution in [-0.2, 0) is 15.5 Å². The first kappa shape index (κ1) is 17.8. The van der Waals surface area contributed by atoms with E-state index in [2.05, 4.69) is 9.97 Å². The zero-order chi connectivity index (χ0) is 17.0. The minimum atomic E-state index is -1.28. The predicted molar refractivity (Wildman–Crippen MR) is 88.6 cm³/mol. The molecule has 0 bridgehead atoms. The number of amides is 1. The summed E-state index contributed by atoms with van der Waals surface area (Å²) >= 11 is 0. The molecule has 0 N–H and O–H groups in total. The Bertz CT molecular complexity index is 586. The number of piperidine rings is 1. The minimum Gasteiger partial charge on any atom is -0.444 e. The number of carbonyl (C=O) groups excluding carboxylic acids is 1. The molecule has 7 heteroatoms. The number of hydrogen-bond donors (Lipinski definition) is 0. The van der Waals surface area contributed by atoms with Gasteiger partial charge in [-0.1, -0.05) is 0 Å². The largest absolute Gasteiger partial charge is 0.444 e. The van der Waals surface area contributed by atoms with Crippen LogP contribution in [0.2, 0.25) is 0 Å². The minimum absolute atomic E-state index is 0.0826. The van der Waals surface area contributed by atoms with Gasteiger partial charge in [-0.25, -0.2) is 9.78 Å². The summed E-state index contributed by atoms with van der Waals surface area (Å²) in [5.74, 6) is 0.374. The Morgan fingerprint density at radius 1 is 1.35 bits per heavy atom. The zero-order valence-electron chi connectivity index (χ0n) is 14.2. The van der Waals surface area contributed by atoms with Crippen LogP contribution in [0.4, 0.5) is 4.79 Å². The summed E-state index contributed by atoms with van der Waals surface area (Å²) < 4.78 is 18.1. The number of ether oxygens (including phenoxy) is 1. The first-order valence-corrected chi connectivity index (χ1v) is 9.25. The van der Waals surface area contributed by atoms with Gasteiger partial charge in [0.25, 0.3) is 0 Å². The van der Waals surface area contributed by atoms with Crippen LogP contribution in [0.5, 0.6) is 0 Å². The second-order valence-electron chi connectivity index (χ2n) is 6.78. The maximum atomic E-state index is 12.6. The molecule has 2 atom stereocenters. The molecule has 1 fully saturated rings. The highest BCUT2D eigenvalue weighted by Crippen LogP contribution is 2.22. The molecule has 2 rings (SSSR count). The molecule has 1 saturated heterocycles. The molecule has 1 aromatic rings. The third-order valence-corrected chi connectivity index (χ3v) is 5.17. The quantitative estimate of drug-likeness (QED) is 0.846. The van der Waals surface area contributed by atoms with Crippen molar-refractivity contribution >= 4 is 16.9 Å².